The quantitative estimate of drug-likeness (QED) is 0.623. The fourth-order valence-electron chi connectivity index (χ4n) is 2.06. The Morgan fingerprint density at radius 2 is 1.75 bits per heavy atom. The van der Waals surface area contributed by atoms with Gasteiger partial charge >= 0.3 is 6.09 Å². The van der Waals surface area contributed by atoms with E-state index in [-0.39, 0.29) is 30.8 Å². The summed E-state index contributed by atoms with van der Waals surface area (Å²) in [5.74, 6) is -0.281. The number of para-hydroxylation sites is 1. The Morgan fingerprint density at radius 3 is 2.36 bits per heavy atom. The molecule has 3 amide bonds. The van der Waals surface area contributed by atoms with E-state index in [1.165, 1.54) is 0 Å². The van der Waals surface area contributed by atoms with E-state index in [9.17, 15) is 14.4 Å². The van der Waals surface area contributed by atoms with Crippen LogP contribution in [0.2, 0.25) is 0 Å². The van der Waals surface area contributed by atoms with Crippen LogP contribution in [0.5, 0.6) is 0 Å². The molecule has 3 N–H and O–H groups in total. The van der Waals surface area contributed by atoms with Crippen LogP contribution in [0.15, 0.2) is 35.9 Å². The molecular formula is C21H31N3O4. The average Bonchev–Trinajstić information content (AvgIpc) is 2.57. The molecular weight excluding hydrogens is 358 g/mol. The normalized spacial score (nSPS) is 11.8. The first-order valence-electron chi connectivity index (χ1n) is 9.28. The SMILES string of the molecule is C/C(=C\C(=O)Nc1ccccc1CNC(=O)CNC(=O)OC(C)(C)C)C(C)C. The van der Waals surface area contributed by atoms with E-state index in [4.69, 9.17) is 4.74 Å². The van der Waals surface area contributed by atoms with E-state index in [0.717, 1.165) is 11.1 Å². The van der Waals surface area contributed by atoms with Crippen molar-refractivity contribution in [3.63, 3.8) is 0 Å². The highest BCUT2D eigenvalue weighted by Gasteiger charge is 2.16. The smallest absolute Gasteiger partial charge is 0.408 e. The maximum Gasteiger partial charge on any atom is 0.408 e. The van der Waals surface area contributed by atoms with Gasteiger partial charge in [-0.25, -0.2) is 4.79 Å². The summed E-state index contributed by atoms with van der Waals surface area (Å²) < 4.78 is 5.08. The van der Waals surface area contributed by atoms with Crippen molar-refractivity contribution in [3.8, 4) is 0 Å². The highest BCUT2D eigenvalue weighted by Crippen LogP contribution is 2.16. The highest BCUT2D eigenvalue weighted by atomic mass is 16.6. The lowest BCUT2D eigenvalue weighted by atomic mass is 10.1. The minimum atomic E-state index is -0.650. The van der Waals surface area contributed by atoms with Crippen LogP contribution in [0.4, 0.5) is 10.5 Å². The molecule has 0 aliphatic heterocycles. The van der Waals surface area contributed by atoms with E-state index < -0.39 is 11.7 Å². The minimum Gasteiger partial charge on any atom is -0.444 e. The molecule has 0 heterocycles. The molecule has 0 aliphatic carbocycles. The molecule has 7 heteroatoms. The predicted molar refractivity (Wildman–Crippen MR) is 110 cm³/mol. The van der Waals surface area contributed by atoms with Gasteiger partial charge in [-0.1, -0.05) is 37.6 Å². The van der Waals surface area contributed by atoms with Gasteiger partial charge in [0, 0.05) is 18.3 Å². The van der Waals surface area contributed by atoms with E-state index in [2.05, 4.69) is 16.0 Å². The van der Waals surface area contributed by atoms with Crippen molar-refractivity contribution in [3.05, 3.63) is 41.5 Å². The molecule has 154 valence electrons. The Kier molecular flexibility index (Phi) is 8.70. The van der Waals surface area contributed by atoms with Gasteiger partial charge in [0.25, 0.3) is 0 Å². The van der Waals surface area contributed by atoms with Gasteiger partial charge in [0.2, 0.25) is 11.8 Å². The molecule has 0 atom stereocenters. The van der Waals surface area contributed by atoms with E-state index in [1.807, 2.05) is 39.0 Å². The zero-order chi connectivity index (χ0) is 21.3. The lowest BCUT2D eigenvalue weighted by molar-refractivity contribution is -0.120. The lowest BCUT2D eigenvalue weighted by Gasteiger charge is -2.19. The zero-order valence-electron chi connectivity index (χ0n) is 17.5. The van der Waals surface area contributed by atoms with Gasteiger partial charge in [-0.15, -0.1) is 0 Å². The van der Waals surface area contributed by atoms with Gasteiger partial charge < -0.3 is 20.7 Å². The number of amides is 3. The number of hydrogen-bond acceptors (Lipinski definition) is 4. The van der Waals surface area contributed by atoms with E-state index in [0.29, 0.717) is 5.69 Å². The van der Waals surface area contributed by atoms with Crippen LogP contribution in [0.3, 0.4) is 0 Å². The molecule has 0 bridgehead atoms. The average molecular weight is 389 g/mol. The van der Waals surface area contributed by atoms with E-state index >= 15 is 0 Å². The summed E-state index contributed by atoms with van der Waals surface area (Å²) in [6.07, 6.45) is 0.924. The first-order chi connectivity index (χ1) is 13.0. The van der Waals surface area contributed by atoms with Crippen LogP contribution in [0.25, 0.3) is 0 Å². The Hall–Kier alpha value is -2.83. The molecule has 0 unspecified atom stereocenters. The number of ether oxygens (including phenoxy) is 1. The molecule has 28 heavy (non-hydrogen) atoms. The van der Waals surface area contributed by atoms with Crippen molar-refractivity contribution in [2.75, 3.05) is 11.9 Å². The Bertz CT molecular complexity index is 733. The molecule has 0 aliphatic rings. The van der Waals surface area contributed by atoms with Crippen LogP contribution < -0.4 is 16.0 Å². The highest BCUT2D eigenvalue weighted by molar-refractivity contribution is 6.00. The first-order valence-corrected chi connectivity index (χ1v) is 9.28. The maximum absolute atomic E-state index is 12.2. The van der Waals surface area contributed by atoms with Crippen LogP contribution in [0, 0.1) is 5.92 Å². The molecule has 0 aromatic heterocycles. The number of hydrogen-bond donors (Lipinski definition) is 3. The number of carbonyl (C=O) groups is 3. The van der Waals surface area contributed by atoms with Crippen molar-refractivity contribution in [1.29, 1.82) is 0 Å². The Balaban J connectivity index is 2.59. The monoisotopic (exact) mass is 389 g/mol. The second kappa shape index (κ2) is 10.5. The van der Waals surface area contributed by atoms with Gasteiger partial charge in [0.1, 0.15) is 12.1 Å². The molecule has 0 spiro atoms. The van der Waals surface area contributed by atoms with Crippen molar-refractivity contribution >= 4 is 23.6 Å². The van der Waals surface area contributed by atoms with Crippen LogP contribution >= 0.6 is 0 Å². The van der Waals surface area contributed by atoms with Crippen molar-refractivity contribution in [2.45, 2.75) is 53.7 Å². The Morgan fingerprint density at radius 1 is 1.11 bits per heavy atom. The van der Waals surface area contributed by atoms with Crippen LogP contribution in [-0.2, 0) is 20.9 Å². The third kappa shape index (κ3) is 9.21. The van der Waals surface area contributed by atoms with Gasteiger partial charge in [0.05, 0.1) is 0 Å². The fraction of sp³-hybridized carbons (Fsp3) is 0.476. The molecule has 1 aromatic rings. The third-order valence-electron chi connectivity index (χ3n) is 3.81. The summed E-state index contributed by atoms with van der Waals surface area (Å²) in [4.78, 5) is 35.7. The topological polar surface area (TPSA) is 96.5 Å². The first kappa shape index (κ1) is 23.2. The second-order valence-corrected chi connectivity index (χ2v) is 7.82. The largest absolute Gasteiger partial charge is 0.444 e. The van der Waals surface area contributed by atoms with Crippen molar-refractivity contribution in [1.82, 2.24) is 10.6 Å². The van der Waals surface area contributed by atoms with Gasteiger partial charge in [0.15, 0.2) is 0 Å². The Labute approximate surface area is 166 Å². The second-order valence-electron chi connectivity index (χ2n) is 7.82. The molecule has 0 saturated heterocycles. The number of nitrogens with one attached hydrogen (secondary N) is 3. The van der Waals surface area contributed by atoms with E-state index in [1.54, 1.807) is 32.9 Å². The third-order valence-corrected chi connectivity index (χ3v) is 3.81. The number of carbonyl (C=O) groups excluding carboxylic acids is 3. The minimum absolute atomic E-state index is 0.195. The zero-order valence-corrected chi connectivity index (χ0v) is 17.5. The number of anilines is 1. The molecule has 7 nitrogen and oxygen atoms in total. The summed E-state index contributed by atoms with van der Waals surface area (Å²) in [5, 5.41) is 7.96. The van der Waals surface area contributed by atoms with Gasteiger partial charge in [-0.05, 0) is 45.2 Å². The molecule has 0 radical (unpaired) electrons. The molecule has 0 saturated carbocycles. The predicted octanol–water partition coefficient (Wildman–Crippen LogP) is 3.37. The molecule has 1 rings (SSSR count). The summed E-state index contributed by atoms with van der Waals surface area (Å²) >= 11 is 0. The van der Waals surface area contributed by atoms with Crippen molar-refractivity contribution in [2.24, 2.45) is 5.92 Å². The number of alkyl carbamates (subject to hydrolysis) is 1. The fourth-order valence-corrected chi connectivity index (χ4v) is 2.06. The summed E-state index contributed by atoms with van der Waals surface area (Å²) in [6, 6.07) is 7.22. The van der Waals surface area contributed by atoms with Crippen LogP contribution in [0.1, 0.15) is 47.1 Å². The molecule has 0 fully saturated rings. The summed E-state index contributed by atoms with van der Waals surface area (Å²) in [5.41, 5.74) is 1.74. The summed E-state index contributed by atoms with van der Waals surface area (Å²) in [6.45, 7) is 11.2. The van der Waals surface area contributed by atoms with Crippen molar-refractivity contribution < 1.29 is 19.1 Å². The number of benzene rings is 1. The number of rotatable bonds is 7. The standard InChI is InChI=1S/C21H31N3O4/c1-14(2)15(3)11-18(25)24-17-10-8-7-9-16(17)12-22-19(26)13-23-20(27)28-21(4,5)6/h7-11,14H,12-13H2,1-6H3,(H,22,26)(H,23,27)(H,24,25)/b15-11+. The van der Waals surface area contributed by atoms with Gasteiger partial charge in [-0.2, -0.15) is 0 Å². The van der Waals surface area contributed by atoms with Crippen LogP contribution in [-0.4, -0.2) is 30.1 Å². The summed E-state index contributed by atoms with van der Waals surface area (Å²) in [7, 11) is 0. The number of allylic oxidation sites excluding steroid dienone is 1. The maximum atomic E-state index is 12.2. The molecule has 1 aromatic carbocycles. The lowest BCUT2D eigenvalue weighted by Crippen LogP contribution is -2.39. The van der Waals surface area contributed by atoms with Gasteiger partial charge in [-0.3, -0.25) is 9.59 Å².